The molecule has 1 heterocycles. The molecule has 1 aliphatic rings. The number of benzene rings is 2. The smallest absolute Gasteiger partial charge is 0.341 e. The quantitative estimate of drug-likeness (QED) is 0.366. The van der Waals surface area contributed by atoms with Crippen molar-refractivity contribution in [3.05, 3.63) is 64.5 Å². The second kappa shape index (κ2) is 11.5. The van der Waals surface area contributed by atoms with E-state index in [1.165, 1.54) is 35.9 Å². The molecule has 188 valence electrons. The second-order valence-electron chi connectivity index (χ2n) is 7.90. The van der Waals surface area contributed by atoms with E-state index in [1.807, 2.05) is 0 Å². The molecule has 2 amide bonds. The lowest BCUT2D eigenvalue weighted by Crippen LogP contribution is -2.46. The molecule has 1 saturated heterocycles. The van der Waals surface area contributed by atoms with Gasteiger partial charge in [-0.3, -0.25) is 9.59 Å². The number of aromatic hydroxyl groups is 1. The Hall–Kier alpha value is -3.25. The summed E-state index contributed by atoms with van der Waals surface area (Å²) in [4.78, 5) is 38.4. The lowest BCUT2D eigenvalue weighted by Gasteiger charge is -2.24. The van der Waals surface area contributed by atoms with Crippen LogP contribution in [0.3, 0.4) is 0 Å². The number of nitrogens with zero attached hydrogens (tertiary/aromatic N) is 1. The van der Waals surface area contributed by atoms with E-state index in [-0.39, 0.29) is 36.3 Å². The fourth-order valence-electron chi connectivity index (χ4n) is 3.61. The second-order valence-corrected chi connectivity index (χ2v) is 9.09. The van der Waals surface area contributed by atoms with Gasteiger partial charge in [0.1, 0.15) is 17.1 Å². The SMILES string of the molecule is COC(=O)c1ccc(CNC(=O)C2SCCN2C(=O)C[C@H](N)Cc2cc(F)c(F)cc2F)cc1O. The van der Waals surface area contributed by atoms with Gasteiger partial charge in [0.05, 0.1) is 7.11 Å². The number of amides is 2. The first kappa shape index (κ1) is 26.4. The first-order valence-electron chi connectivity index (χ1n) is 10.6. The van der Waals surface area contributed by atoms with Crippen LogP contribution in [0.4, 0.5) is 13.2 Å². The number of hydrogen-bond acceptors (Lipinski definition) is 7. The summed E-state index contributed by atoms with van der Waals surface area (Å²) in [5.74, 6) is -4.79. The van der Waals surface area contributed by atoms with Crippen LogP contribution in [0.5, 0.6) is 5.75 Å². The number of carbonyl (C=O) groups excluding carboxylic acids is 3. The lowest BCUT2D eigenvalue weighted by atomic mass is 10.0. The Morgan fingerprint density at radius 3 is 2.60 bits per heavy atom. The summed E-state index contributed by atoms with van der Waals surface area (Å²) < 4.78 is 45.0. The number of halogens is 3. The molecule has 0 aromatic heterocycles. The first-order valence-corrected chi connectivity index (χ1v) is 11.6. The number of thioether (sulfide) groups is 1. The van der Waals surface area contributed by atoms with E-state index in [4.69, 9.17) is 5.73 Å². The normalized spacial score (nSPS) is 16.1. The zero-order valence-corrected chi connectivity index (χ0v) is 19.5. The molecular formula is C23H24F3N3O5S. The minimum absolute atomic E-state index is 0.00899. The molecule has 1 fully saturated rings. The number of nitrogens with one attached hydrogen (secondary N) is 1. The van der Waals surface area contributed by atoms with Gasteiger partial charge in [-0.1, -0.05) is 6.07 Å². The van der Waals surface area contributed by atoms with Crippen molar-refractivity contribution in [2.24, 2.45) is 5.73 Å². The number of carbonyl (C=O) groups is 3. The van der Waals surface area contributed by atoms with E-state index in [2.05, 4.69) is 10.1 Å². The topological polar surface area (TPSA) is 122 Å². The summed E-state index contributed by atoms with van der Waals surface area (Å²) in [5, 5.41) is 11.9. The van der Waals surface area contributed by atoms with Crippen LogP contribution in [-0.2, 0) is 27.3 Å². The molecule has 2 atom stereocenters. The van der Waals surface area contributed by atoms with E-state index in [0.29, 0.717) is 30.0 Å². The molecule has 35 heavy (non-hydrogen) atoms. The van der Waals surface area contributed by atoms with Gasteiger partial charge < -0.3 is 25.8 Å². The van der Waals surface area contributed by atoms with Gasteiger partial charge in [-0.25, -0.2) is 18.0 Å². The number of nitrogens with two attached hydrogens (primary N) is 1. The minimum atomic E-state index is -1.31. The summed E-state index contributed by atoms with van der Waals surface area (Å²) >= 11 is 1.26. The molecule has 0 spiro atoms. The van der Waals surface area contributed by atoms with Gasteiger partial charge in [0.15, 0.2) is 17.0 Å². The van der Waals surface area contributed by atoms with Crippen molar-refractivity contribution in [3.63, 3.8) is 0 Å². The van der Waals surface area contributed by atoms with Crippen LogP contribution in [-0.4, -0.2) is 58.6 Å². The fraction of sp³-hybridized carbons (Fsp3) is 0.348. The highest BCUT2D eigenvalue weighted by Gasteiger charge is 2.35. The predicted molar refractivity (Wildman–Crippen MR) is 122 cm³/mol. The van der Waals surface area contributed by atoms with Crippen LogP contribution in [0.15, 0.2) is 30.3 Å². The molecular weight excluding hydrogens is 487 g/mol. The third-order valence-corrected chi connectivity index (χ3v) is 6.58. The van der Waals surface area contributed by atoms with Crippen molar-refractivity contribution in [1.82, 2.24) is 10.2 Å². The first-order chi connectivity index (χ1) is 16.6. The summed E-state index contributed by atoms with van der Waals surface area (Å²) in [6.07, 6.45) is -0.399. The van der Waals surface area contributed by atoms with Crippen LogP contribution in [0.2, 0.25) is 0 Å². The van der Waals surface area contributed by atoms with Crippen molar-refractivity contribution in [3.8, 4) is 5.75 Å². The minimum Gasteiger partial charge on any atom is -0.507 e. The number of methoxy groups -OCH3 is 1. The van der Waals surface area contributed by atoms with Crippen LogP contribution < -0.4 is 11.1 Å². The molecule has 0 radical (unpaired) electrons. The van der Waals surface area contributed by atoms with Crippen molar-refractivity contribution >= 4 is 29.5 Å². The maximum atomic E-state index is 13.9. The highest BCUT2D eigenvalue weighted by atomic mass is 32.2. The van der Waals surface area contributed by atoms with Crippen molar-refractivity contribution in [2.45, 2.75) is 30.8 Å². The monoisotopic (exact) mass is 511 g/mol. The number of phenols is 1. The molecule has 12 heteroatoms. The van der Waals surface area contributed by atoms with Gasteiger partial charge >= 0.3 is 5.97 Å². The molecule has 1 unspecified atom stereocenters. The van der Waals surface area contributed by atoms with E-state index in [1.54, 1.807) is 6.07 Å². The Morgan fingerprint density at radius 2 is 1.91 bits per heavy atom. The predicted octanol–water partition coefficient (Wildman–Crippen LogP) is 2.07. The Kier molecular flexibility index (Phi) is 8.62. The molecule has 0 bridgehead atoms. The summed E-state index contributed by atoms with van der Waals surface area (Å²) in [6.45, 7) is 0.352. The average Bonchev–Trinajstić information content (AvgIpc) is 3.31. The highest BCUT2D eigenvalue weighted by Crippen LogP contribution is 2.26. The Bertz CT molecular complexity index is 1130. The third-order valence-electron chi connectivity index (χ3n) is 5.38. The summed E-state index contributed by atoms with van der Waals surface area (Å²) in [5.41, 5.74) is 6.33. The molecule has 0 aliphatic carbocycles. The number of rotatable bonds is 8. The number of esters is 1. The molecule has 1 aliphatic heterocycles. The van der Waals surface area contributed by atoms with Crippen LogP contribution in [0.1, 0.15) is 27.9 Å². The van der Waals surface area contributed by atoms with E-state index in [0.717, 1.165) is 0 Å². The van der Waals surface area contributed by atoms with E-state index >= 15 is 0 Å². The average molecular weight is 512 g/mol. The van der Waals surface area contributed by atoms with Gasteiger partial charge in [-0.05, 0) is 35.7 Å². The zero-order valence-electron chi connectivity index (χ0n) is 18.7. The summed E-state index contributed by atoms with van der Waals surface area (Å²) in [6, 6.07) is 4.53. The highest BCUT2D eigenvalue weighted by molar-refractivity contribution is 8.00. The molecule has 2 aromatic carbocycles. The number of hydrogen-bond donors (Lipinski definition) is 3. The standard InChI is InChI=1S/C23H24F3N3O5S/c1-34-23(33)15-3-2-12(6-19(15)30)11-28-21(32)22-29(4-5-35-22)20(31)9-14(27)7-13-8-17(25)18(26)10-16(13)24/h2-3,6,8,10,14,22,30H,4-5,7,9,11,27H2,1H3,(H,28,32)/t14-,22?/m1/s1. The van der Waals surface area contributed by atoms with E-state index < -0.39 is 46.7 Å². The number of ether oxygens (including phenoxy) is 1. The maximum absolute atomic E-state index is 13.9. The van der Waals surface area contributed by atoms with Crippen molar-refractivity contribution in [1.29, 1.82) is 0 Å². The molecule has 4 N–H and O–H groups in total. The maximum Gasteiger partial charge on any atom is 0.341 e. The Balaban J connectivity index is 1.56. The van der Waals surface area contributed by atoms with Crippen molar-refractivity contribution < 1.29 is 37.4 Å². The third kappa shape index (κ3) is 6.45. The summed E-state index contributed by atoms with van der Waals surface area (Å²) in [7, 11) is 1.19. The van der Waals surface area contributed by atoms with Crippen LogP contribution >= 0.6 is 11.8 Å². The van der Waals surface area contributed by atoms with Gasteiger partial charge in [0, 0.05) is 37.4 Å². The van der Waals surface area contributed by atoms with Gasteiger partial charge in [0.2, 0.25) is 5.91 Å². The van der Waals surface area contributed by atoms with Crippen LogP contribution in [0, 0.1) is 17.5 Å². The molecule has 3 rings (SSSR count). The molecule has 0 saturated carbocycles. The van der Waals surface area contributed by atoms with Crippen LogP contribution in [0.25, 0.3) is 0 Å². The lowest BCUT2D eigenvalue weighted by molar-refractivity contribution is -0.136. The zero-order chi connectivity index (χ0) is 25.7. The number of phenolic OH excluding ortho intramolecular Hbond substituents is 1. The van der Waals surface area contributed by atoms with Crippen molar-refractivity contribution in [2.75, 3.05) is 19.4 Å². The molecule has 2 aromatic rings. The van der Waals surface area contributed by atoms with E-state index in [9.17, 15) is 32.7 Å². The largest absolute Gasteiger partial charge is 0.507 e. The van der Waals surface area contributed by atoms with Gasteiger partial charge in [-0.2, -0.15) is 0 Å². The van der Waals surface area contributed by atoms with Gasteiger partial charge in [0.25, 0.3) is 5.91 Å². The Labute approximate surface area is 203 Å². The fourth-order valence-corrected chi connectivity index (χ4v) is 4.77. The molecule has 8 nitrogen and oxygen atoms in total. The van der Waals surface area contributed by atoms with Gasteiger partial charge in [-0.15, -0.1) is 11.8 Å². The Morgan fingerprint density at radius 1 is 1.20 bits per heavy atom.